The van der Waals surface area contributed by atoms with Gasteiger partial charge in [-0.15, -0.1) is 0 Å². The van der Waals surface area contributed by atoms with Gasteiger partial charge in [-0.05, 0) is 49.4 Å². The number of rotatable bonds is 6. The second-order valence-electron chi connectivity index (χ2n) is 9.01. The molecule has 1 aromatic heterocycles. The maximum Gasteiger partial charge on any atom is 0.225 e. The Balaban J connectivity index is 1.25. The van der Waals surface area contributed by atoms with Crippen LogP contribution in [0.15, 0.2) is 47.5 Å². The SMILES string of the molecule is CS(=O)(=O)c1ccc(-c2ccc(COC3CCN(C(=O)C4CCCCC4)CC3)nc2)cc1. The lowest BCUT2D eigenvalue weighted by atomic mass is 9.88. The zero-order chi connectivity index (χ0) is 22.6. The molecule has 1 amide bonds. The van der Waals surface area contributed by atoms with E-state index in [2.05, 4.69) is 4.98 Å². The number of aromatic nitrogens is 1. The number of sulfone groups is 1. The number of pyridine rings is 1. The maximum absolute atomic E-state index is 12.7. The highest BCUT2D eigenvalue weighted by atomic mass is 32.2. The van der Waals surface area contributed by atoms with Gasteiger partial charge in [-0.25, -0.2) is 8.42 Å². The van der Waals surface area contributed by atoms with E-state index in [4.69, 9.17) is 4.74 Å². The summed E-state index contributed by atoms with van der Waals surface area (Å²) in [6, 6.07) is 10.8. The summed E-state index contributed by atoms with van der Waals surface area (Å²) in [7, 11) is -3.19. The molecule has 6 nitrogen and oxygen atoms in total. The standard InChI is InChI=1S/C25H32N2O4S/c1-32(29,30)24-11-8-19(9-12-24)21-7-10-22(26-17-21)18-31-23-13-15-27(16-14-23)25(28)20-5-3-2-4-6-20/h7-12,17,20,23H,2-6,13-16,18H2,1H3. The summed E-state index contributed by atoms with van der Waals surface area (Å²) in [6.07, 6.45) is 10.7. The van der Waals surface area contributed by atoms with Gasteiger partial charge < -0.3 is 9.64 Å². The molecule has 2 aliphatic rings. The Morgan fingerprint density at radius 3 is 2.22 bits per heavy atom. The average Bonchev–Trinajstić information content (AvgIpc) is 2.83. The van der Waals surface area contributed by atoms with Crippen molar-refractivity contribution in [3.8, 4) is 11.1 Å². The molecule has 1 saturated carbocycles. The third-order valence-electron chi connectivity index (χ3n) is 6.62. The van der Waals surface area contributed by atoms with Gasteiger partial charge >= 0.3 is 0 Å². The second-order valence-corrected chi connectivity index (χ2v) is 11.0. The summed E-state index contributed by atoms with van der Waals surface area (Å²) in [4.78, 5) is 19.6. The molecule has 1 saturated heterocycles. The fraction of sp³-hybridized carbons (Fsp3) is 0.520. The van der Waals surface area contributed by atoms with Gasteiger partial charge in [0.05, 0.1) is 23.3 Å². The zero-order valence-electron chi connectivity index (χ0n) is 18.7. The van der Waals surface area contributed by atoms with E-state index in [0.717, 1.165) is 55.6 Å². The van der Waals surface area contributed by atoms with Gasteiger partial charge in [0.2, 0.25) is 5.91 Å². The number of likely N-dealkylation sites (tertiary alicyclic amines) is 1. The van der Waals surface area contributed by atoms with Crippen molar-refractivity contribution in [2.45, 2.75) is 62.6 Å². The van der Waals surface area contributed by atoms with Crippen molar-refractivity contribution in [3.63, 3.8) is 0 Å². The zero-order valence-corrected chi connectivity index (χ0v) is 19.5. The smallest absolute Gasteiger partial charge is 0.225 e. The monoisotopic (exact) mass is 456 g/mol. The molecule has 172 valence electrons. The van der Waals surface area contributed by atoms with E-state index in [-0.39, 0.29) is 12.0 Å². The van der Waals surface area contributed by atoms with E-state index in [1.807, 2.05) is 17.0 Å². The molecule has 0 atom stereocenters. The molecule has 7 heteroatoms. The minimum Gasteiger partial charge on any atom is -0.372 e. The van der Waals surface area contributed by atoms with Gasteiger partial charge in [0.15, 0.2) is 9.84 Å². The number of hydrogen-bond donors (Lipinski definition) is 0. The van der Waals surface area contributed by atoms with Crippen molar-refractivity contribution in [3.05, 3.63) is 48.3 Å². The summed E-state index contributed by atoms with van der Waals surface area (Å²) in [5.41, 5.74) is 2.72. The molecule has 1 aromatic carbocycles. The minimum atomic E-state index is -3.19. The molecule has 0 bridgehead atoms. The van der Waals surface area contributed by atoms with Crippen LogP contribution in [0.4, 0.5) is 0 Å². The lowest BCUT2D eigenvalue weighted by Crippen LogP contribution is -2.44. The van der Waals surface area contributed by atoms with E-state index >= 15 is 0 Å². The first-order chi connectivity index (χ1) is 15.4. The lowest BCUT2D eigenvalue weighted by Gasteiger charge is -2.35. The van der Waals surface area contributed by atoms with E-state index in [0.29, 0.717) is 17.4 Å². The number of benzene rings is 1. The number of ether oxygens (including phenoxy) is 1. The topological polar surface area (TPSA) is 76.6 Å². The molecule has 4 rings (SSSR count). The Hall–Kier alpha value is -2.25. The lowest BCUT2D eigenvalue weighted by molar-refractivity contribution is -0.139. The first kappa shape index (κ1) is 22.9. The number of carbonyl (C=O) groups is 1. The van der Waals surface area contributed by atoms with Crippen LogP contribution in [0.1, 0.15) is 50.6 Å². The molecular formula is C25H32N2O4S. The predicted octanol–water partition coefficient (Wildman–Crippen LogP) is 4.24. The second kappa shape index (κ2) is 10.1. The maximum atomic E-state index is 12.7. The van der Waals surface area contributed by atoms with Crippen LogP contribution in [0.25, 0.3) is 11.1 Å². The van der Waals surface area contributed by atoms with Crippen molar-refractivity contribution in [1.29, 1.82) is 0 Å². The summed E-state index contributed by atoms with van der Waals surface area (Å²) in [5.74, 6) is 0.594. The van der Waals surface area contributed by atoms with Gasteiger partial charge in [0.25, 0.3) is 0 Å². The normalized spacial score (nSPS) is 18.6. The Labute approximate surface area is 190 Å². The molecule has 0 spiro atoms. The van der Waals surface area contributed by atoms with Crippen molar-refractivity contribution in [2.75, 3.05) is 19.3 Å². The molecule has 2 heterocycles. The molecule has 0 radical (unpaired) electrons. The highest BCUT2D eigenvalue weighted by molar-refractivity contribution is 7.90. The summed E-state index contributed by atoms with van der Waals surface area (Å²) in [5, 5.41) is 0. The van der Waals surface area contributed by atoms with Crippen LogP contribution < -0.4 is 0 Å². The van der Waals surface area contributed by atoms with Crippen LogP contribution in [-0.2, 0) is 26.0 Å². The quantitative estimate of drug-likeness (QED) is 0.650. The minimum absolute atomic E-state index is 0.162. The molecular weight excluding hydrogens is 424 g/mol. The highest BCUT2D eigenvalue weighted by Crippen LogP contribution is 2.27. The number of amides is 1. The van der Waals surface area contributed by atoms with Crippen molar-refractivity contribution < 1.29 is 17.9 Å². The van der Waals surface area contributed by atoms with Gasteiger partial charge in [-0.2, -0.15) is 0 Å². The summed E-state index contributed by atoms with van der Waals surface area (Å²) in [6.45, 7) is 2.03. The fourth-order valence-electron chi connectivity index (χ4n) is 4.63. The number of piperidine rings is 1. The Kier molecular flexibility index (Phi) is 7.26. The molecule has 1 aliphatic heterocycles. The third kappa shape index (κ3) is 5.75. The van der Waals surface area contributed by atoms with E-state index in [1.54, 1.807) is 30.5 Å². The molecule has 0 N–H and O–H groups in total. The van der Waals surface area contributed by atoms with Gasteiger partial charge in [0, 0.05) is 37.0 Å². The first-order valence-corrected chi connectivity index (χ1v) is 13.4. The van der Waals surface area contributed by atoms with Crippen LogP contribution in [0.2, 0.25) is 0 Å². The van der Waals surface area contributed by atoms with Crippen LogP contribution in [0.3, 0.4) is 0 Å². The van der Waals surface area contributed by atoms with Crippen molar-refractivity contribution in [2.24, 2.45) is 5.92 Å². The number of nitrogens with zero attached hydrogens (tertiary/aromatic N) is 2. The average molecular weight is 457 g/mol. The van der Waals surface area contributed by atoms with Gasteiger partial charge in [-0.1, -0.05) is 37.5 Å². The molecule has 2 aromatic rings. The van der Waals surface area contributed by atoms with Gasteiger partial charge in [0.1, 0.15) is 0 Å². The first-order valence-electron chi connectivity index (χ1n) is 11.6. The molecule has 32 heavy (non-hydrogen) atoms. The Morgan fingerprint density at radius 2 is 1.62 bits per heavy atom. The summed E-state index contributed by atoms with van der Waals surface area (Å²) < 4.78 is 29.3. The summed E-state index contributed by atoms with van der Waals surface area (Å²) >= 11 is 0. The van der Waals surface area contributed by atoms with Crippen LogP contribution >= 0.6 is 0 Å². The van der Waals surface area contributed by atoms with E-state index in [9.17, 15) is 13.2 Å². The number of carbonyl (C=O) groups excluding carboxylic acids is 1. The fourth-order valence-corrected chi connectivity index (χ4v) is 5.26. The van der Waals surface area contributed by atoms with Crippen LogP contribution in [0.5, 0.6) is 0 Å². The molecule has 0 unspecified atom stereocenters. The predicted molar refractivity (Wildman–Crippen MR) is 124 cm³/mol. The highest BCUT2D eigenvalue weighted by Gasteiger charge is 2.29. The van der Waals surface area contributed by atoms with E-state index in [1.165, 1.54) is 25.5 Å². The molecule has 1 aliphatic carbocycles. The van der Waals surface area contributed by atoms with Crippen LogP contribution in [0, 0.1) is 5.92 Å². The largest absolute Gasteiger partial charge is 0.372 e. The van der Waals surface area contributed by atoms with E-state index < -0.39 is 9.84 Å². The molecule has 2 fully saturated rings. The van der Waals surface area contributed by atoms with Crippen LogP contribution in [-0.4, -0.2) is 49.7 Å². The Morgan fingerprint density at radius 1 is 0.969 bits per heavy atom. The Bertz CT molecular complexity index is 1000. The van der Waals surface area contributed by atoms with Gasteiger partial charge in [-0.3, -0.25) is 9.78 Å². The number of hydrogen-bond acceptors (Lipinski definition) is 5. The third-order valence-corrected chi connectivity index (χ3v) is 7.74. The van der Waals surface area contributed by atoms with Crippen molar-refractivity contribution in [1.82, 2.24) is 9.88 Å². The van der Waals surface area contributed by atoms with Crippen molar-refractivity contribution >= 4 is 15.7 Å².